The second-order valence-electron chi connectivity index (χ2n) is 7.63. The minimum absolute atomic E-state index is 0.00257. The van der Waals surface area contributed by atoms with Gasteiger partial charge < -0.3 is 9.64 Å². The maximum absolute atomic E-state index is 13.9. The Morgan fingerprint density at radius 2 is 2.03 bits per heavy atom. The summed E-state index contributed by atoms with van der Waals surface area (Å²) in [5.74, 6) is -0.277. The van der Waals surface area contributed by atoms with Gasteiger partial charge in [-0.3, -0.25) is 19.7 Å². The molecule has 160 valence electrons. The molecule has 0 bridgehead atoms. The fraction of sp³-hybridized carbons (Fsp3) is 0.619. The molecule has 1 saturated carbocycles. The summed E-state index contributed by atoms with van der Waals surface area (Å²) < 4.78 is 19.1. The number of halogens is 1. The summed E-state index contributed by atoms with van der Waals surface area (Å²) in [4.78, 5) is 34.9. The van der Waals surface area contributed by atoms with Crippen molar-refractivity contribution in [3.8, 4) is 5.75 Å². The third-order valence-corrected chi connectivity index (χ3v) is 5.45. The SMILES string of the molecule is CN(CCCCC1CCCC1)C(=O)CCCOc1cc([N+](=O)[O-])c(C=O)cc1F. The lowest BCUT2D eigenvalue weighted by Gasteiger charge is -2.18. The largest absolute Gasteiger partial charge is 0.490 e. The van der Waals surface area contributed by atoms with Crippen molar-refractivity contribution in [1.82, 2.24) is 4.90 Å². The highest BCUT2D eigenvalue weighted by Gasteiger charge is 2.19. The number of nitro groups is 1. The molecule has 1 aliphatic carbocycles. The van der Waals surface area contributed by atoms with E-state index in [1.54, 1.807) is 11.9 Å². The molecule has 2 rings (SSSR count). The number of rotatable bonds is 12. The van der Waals surface area contributed by atoms with Crippen LogP contribution in [0.4, 0.5) is 10.1 Å². The number of ether oxygens (including phenoxy) is 1. The lowest BCUT2D eigenvalue weighted by atomic mass is 10.0. The summed E-state index contributed by atoms with van der Waals surface area (Å²) in [6.45, 7) is 0.774. The first kappa shape index (κ1) is 22.8. The second-order valence-corrected chi connectivity index (χ2v) is 7.63. The predicted molar refractivity (Wildman–Crippen MR) is 107 cm³/mol. The van der Waals surface area contributed by atoms with Crippen LogP contribution in [-0.2, 0) is 4.79 Å². The van der Waals surface area contributed by atoms with E-state index >= 15 is 0 Å². The van der Waals surface area contributed by atoms with Crippen molar-refractivity contribution in [3.05, 3.63) is 33.6 Å². The highest BCUT2D eigenvalue weighted by molar-refractivity contribution is 5.82. The summed E-state index contributed by atoms with van der Waals surface area (Å²) in [5.41, 5.74) is -0.852. The van der Waals surface area contributed by atoms with Gasteiger partial charge in [0.25, 0.3) is 5.69 Å². The molecule has 0 aromatic heterocycles. The van der Waals surface area contributed by atoms with Crippen LogP contribution in [0.1, 0.15) is 68.1 Å². The molecule has 0 heterocycles. The van der Waals surface area contributed by atoms with Crippen LogP contribution in [0.3, 0.4) is 0 Å². The van der Waals surface area contributed by atoms with Crippen LogP contribution >= 0.6 is 0 Å². The van der Waals surface area contributed by atoms with E-state index in [0.717, 1.165) is 37.4 Å². The van der Waals surface area contributed by atoms with E-state index in [2.05, 4.69) is 0 Å². The molecule has 0 unspecified atom stereocenters. The number of hydrogen-bond donors (Lipinski definition) is 0. The standard InChI is InChI=1S/C21H29FN2O5/c1-23(11-5-4-9-16-7-2-3-8-16)21(26)10-6-12-29-20-14-19(24(27)28)17(15-25)13-18(20)22/h13-16H,2-12H2,1H3. The number of nitrogens with zero attached hydrogens (tertiary/aromatic N) is 2. The summed E-state index contributed by atoms with van der Waals surface area (Å²) in [6, 6.07) is 1.68. The molecule has 1 aliphatic rings. The van der Waals surface area contributed by atoms with Crippen molar-refractivity contribution in [2.24, 2.45) is 5.92 Å². The first-order chi connectivity index (χ1) is 13.9. The van der Waals surface area contributed by atoms with E-state index in [1.807, 2.05) is 0 Å². The Bertz CT molecular complexity index is 719. The molecule has 0 aliphatic heterocycles. The number of aldehydes is 1. The number of benzene rings is 1. The first-order valence-electron chi connectivity index (χ1n) is 10.2. The van der Waals surface area contributed by atoms with E-state index in [4.69, 9.17) is 4.74 Å². The van der Waals surface area contributed by atoms with Gasteiger partial charge >= 0.3 is 0 Å². The van der Waals surface area contributed by atoms with Gasteiger partial charge in [-0.05, 0) is 24.8 Å². The molecule has 0 atom stereocenters. The van der Waals surface area contributed by atoms with Crippen LogP contribution < -0.4 is 4.74 Å². The van der Waals surface area contributed by atoms with E-state index in [-0.39, 0.29) is 36.5 Å². The van der Waals surface area contributed by atoms with Gasteiger partial charge in [0.2, 0.25) is 5.91 Å². The third kappa shape index (κ3) is 7.11. The van der Waals surface area contributed by atoms with Crippen molar-refractivity contribution >= 4 is 17.9 Å². The molecule has 1 fully saturated rings. The number of carbonyl (C=O) groups is 2. The van der Waals surface area contributed by atoms with Gasteiger partial charge in [0.1, 0.15) is 0 Å². The topological polar surface area (TPSA) is 89.8 Å². The maximum atomic E-state index is 13.9. The molecule has 1 aromatic rings. The number of unbranched alkanes of at least 4 members (excludes halogenated alkanes) is 1. The van der Waals surface area contributed by atoms with Crippen molar-refractivity contribution in [1.29, 1.82) is 0 Å². The summed E-state index contributed by atoms with van der Waals surface area (Å²) in [5, 5.41) is 10.9. The second kappa shape index (κ2) is 11.5. The Balaban J connectivity index is 1.68. The minimum atomic E-state index is -0.844. The Morgan fingerprint density at radius 3 is 2.69 bits per heavy atom. The van der Waals surface area contributed by atoms with Crippen LogP contribution in [0.2, 0.25) is 0 Å². The first-order valence-corrected chi connectivity index (χ1v) is 10.2. The molecule has 29 heavy (non-hydrogen) atoms. The van der Waals surface area contributed by atoms with E-state index in [0.29, 0.717) is 6.42 Å². The zero-order chi connectivity index (χ0) is 21.2. The Hall–Kier alpha value is -2.51. The zero-order valence-corrected chi connectivity index (χ0v) is 16.9. The van der Waals surface area contributed by atoms with Crippen LogP contribution in [0, 0.1) is 21.8 Å². The summed E-state index contributed by atoms with van der Waals surface area (Å²) in [7, 11) is 1.78. The minimum Gasteiger partial charge on any atom is -0.490 e. The highest BCUT2D eigenvalue weighted by Crippen LogP contribution is 2.29. The Morgan fingerprint density at radius 1 is 1.31 bits per heavy atom. The smallest absolute Gasteiger partial charge is 0.283 e. The Labute approximate surface area is 170 Å². The van der Waals surface area contributed by atoms with E-state index in [1.165, 1.54) is 32.1 Å². The van der Waals surface area contributed by atoms with Crippen LogP contribution in [-0.4, -0.2) is 42.2 Å². The molecule has 8 heteroatoms. The average Bonchev–Trinajstić information content (AvgIpc) is 3.22. The van der Waals surface area contributed by atoms with E-state index in [9.17, 15) is 24.1 Å². The maximum Gasteiger partial charge on any atom is 0.283 e. The van der Waals surface area contributed by atoms with Gasteiger partial charge in [-0.1, -0.05) is 38.5 Å². The summed E-state index contributed by atoms with van der Waals surface area (Å²) >= 11 is 0. The van der Waals surface area contributed by atoms with Crippen molar-refractivity contribution in [3.63, 3.8) is 0 Å². The number of amides is 1. The summed E-state index contributed by atoms with van der Waals surface area (Å²) in [6.07, 6.45) is 9.63. The average molecular weight is 408 g/mol. The van der Waals surface area contributed by atoms with Gasteiger partial charge in [-0.25, -0.2) is 4.39 Å². The Kier molecular flexibility index (Phi) is 9.02. The quantitative estimate of drug-likeness (QED) is 0.219. The van der Waals surface area contributed by atoms with Gasteiger partial charge in [0, 0.05) is 20.0 Å². The lowest BCUT2D eigenvalue weighted by molar-refractivity contribution is -0.385. The fourth-order valence-electron chi connectivity index (χ4n) is 3.72. The van der Waals surface area contributed by atoms with Gasteiger partial charge in [0.05, 0.1) is 23.2 Å². The van der Waals surface area contributed by atoms with Gasteiger partial charge in [0.15, 0.2) is 17.9 Å². The normalized spacial score (nSPS) is 14.0. The molecule has 0 radical (unpaired) electrons. The van der Waals surface area contributed by atoms with Crippen LogP contribution in [0.25, 0.3) is 0 Å². The highest BCUT2D eigenvalue weighted by atomic mass is 19.1. The van der Waals surface area contributed by atoms with Crippen molar-refractivity contribution < 1.29 is 23.6 Å². The van der Waals surface area contributed by atoms with E-state index < -0.39 is 16.4 Å². The van der Waals surface area contributed by atoms with Crippen LogP contribution in [0.5, 0.6) is 5.75 Å². The van der Waals surface area contributed by atoms with Crippen molar-refractivity contribution in [2.45, 2.75) is 57.8 Å². The zero-order valence-electron chi connectivity index (χ0n) is 16.9. The molecular weight excluding hydrogens is 379 g/mol. The molecular formula is C21H29FN2O5. The molecule has 1 aromatic carbocycles. The number of hydrogen-bond acceptors (Lipinski definition) is 5. The number of carbonyl (C=O) groups excluding carboxylic acids is 2. The van der Waals surface area contributed by atoms with Crippen molar-refractivity contribution in [2.75, 3.05) is 20.2 Å². The fourth-order valence-corrected chi connectivity index (χ4v) is 3.72. The monoisotopic (exact) mass is 408 g/mol. The molecule has 0 saturated heterocycles. The van der Waals surface area contributed by atoms with Gasteiger partial charge in [-0.2, -0.15) is 0 Å². The lowest BCUT2D eigenvalue weighted by Crippen LogP contribution is -2.27. The van der Waals surface area contributed by atoms with Gasteiger partial charge in [-0.15, -0.1) is 0 Å². The molecule has 1 amide bonds. The third-order valence-electron chi connectivity index (χ3n) is 5.45. The molecule has 0 N–H and O–H groups in total. The molecule has 0 spiro atoms. The number of nitro benzene ring substituents is 1. The van der Waals surface area contributed by atoms with Crippen LogP contribution in [0.15, 0.2) is 12.1 Å². The molecule has 7 nitrogen and oxygen atoms in total. The predicted octanol–water partition coefficient (Wildman–Crippen LogP) is 4.52.